The Labute approximate surface area is 46.5 Å². The lowest BCUT2D eigenvalue weighted by atomic mass is 10.8. The zero-order chi connectivity index (χ0) is 4.57. The normalized spacial score (nSPS) is 27.0. The van der Waals surface area contributed by atoms with Gasteiger partial charge in [-0.05, 0) is 6.92 Å². The van der Waals surface area contributed by atoms with Gasteiger partial charge in [-0.3, -0.25) is 4.90 Å². The van der Waals surface area contributed by atoms with Gasteiger partial charge in [-0.2, -0.15) is 0 Å². The highest BCUT2D eigenvalue weighted by atomic mass is 79.9. The lowest BCUT2D eigenvalue weighted by molar-refractivity contribution is 0.562. The molecule has 0 N–H and O–H groups in total. The molecule has 1 fully saturated rings. The number of alkyl halides is 1. The molecule has 1 aliphatic heterocycles. The minimum atomic E-state index is 0.609. The van der Waals surface area contributed by atoms with Gasteiger partial charge in [-0.1, -0.05) is 15.9 Å². The standard InChI is InChI=1S/C4H8BrN/c1-4(5)6-2-3-6/h4H,2-3H2,1H3. The van der Waals surface area contributed by atoms with Gasteiger partial charge < -0.3 is 0 Å². The zero-order valence-electron chi connectivity index (χ0n) is 3.82. The van der Waals surface area contributed by atoms with E-state index in [1.807, 2.05) is 0 Å². The fourth-order valence-corrected chi connectivity index (χ4v) is 0.823. The number of nitrogens with zero attached hydrogens (tertiary/aromatic N) is 1. The highest BCUT2D eigenvalue weighted by Gasteiger charge is 2.20. The van der Waals surface area contributed by atoms with Crippen molar-refractivity contribution >= 4 is 15.9 Å². The largest absolute Gasteiger partial charge is 0.289 e. The summed E-state index contributed by atoms with van der Waals surface area (Å²) < 4.78 is 0. The maximum absolute atomic E-state index is 3.43. The Kier molecular flexibility index (Phi) is 1.15. The summed E-state index contributed by atoms with van der Waals surface area (Å²) >= 11 is 3.43. The van der Waals surface area contributed by atoms with Crippen LogP contribution in [0.2, 0.25) is 0 Å². The first-order valence-corrected chi connectivity index (χ1v) is 3.10. The monoisotopic (exact) mass is 149 g/mol. The third-order valence-corrected chi connectivity index (χ3v) is 1.56. The van der Waals surface area contributed by atoms with Gasteiger partial charge in [0.05, 0.1) is 4.95 Å². The number of hydrogen-bond acceptors (Lipinski definition) is 1. The molecule has 2 heteroatoms. The molecule has 6 heavy (non-hydrogen) atoms. The molecule has 1 atom stereocenters. The van der Waals surface area contributed by atoms with Crippen LogP contribution in [0.1, 0.15) is 6.92 Å². The quantitative estimate of drug-likeness (QED) is 0.306. The molecule has 1 aliphatic rings. The SMILES string of the molecule is CC(Br)N1CC1. The molecule has 0 aliphatic carbocycles. The Morgan fingerprint density at radius 3 is 2.17 bits per heavy atom. The Hall–Kier alpha value is 0.440. The van der Waals surface area contributed by atoms with Crippen molar-refractivity contribution in [3.8, 4) is 0 Å². The molecule has 0 radical (unpaired) electrons. The third-order valence-electron chi connectivity index (χ3n) is 0.985. The van der Waals surface area contributed by atoms with E-state index in [4.69, 9.17) is 0 Å². The van der Waals surface area contributed by atoms with Crippen LogP contribution in [0.25, 0.3) is 0 Å². The van der Waals surface area contributed by atoms with Gasteiger partial charge >= 0.3 is 0 Å². The molecule has 1 nitrogen and oxygen atoms in total. The Balaban J connectivity index is 2.13. The van der Waals surface area contributed by atoms with E-state index in [0.717, 1.165) is 0 Å². The molecule has 0 amide bonds. The summed E-state index contributed by atoms with van der Waals surface area (Å²) in [7, 11) is 0. The molecule has 0 saturated carbocycles. The number of halogens is 1. The van der Waals surface area contributed by atoms with Gasteiger partial charge in [0, 0.05) is 13.1 Å². The van der Waals surface area contributed by atoms with Crippen molar-refractivity contribution in [2.24, 2.45) is 0 Å². The molecule has 0 aromatic heterocycles. The molecule has 36 valence electrons. The van der Waals surface area contributed by atoms with Crippen LogP contribution in [-0.4, -0.2) is 22.9 Å². The summed E-state index contributed by atoms with van der Waals surface area (Å²) in [5.41, 5.74) is 0. The predicted molar refractivity (Wildman–Crippen MR) is 30.0 cm³/mol. The van der Waals surface area contributed by atoms with Gasteiger partial charge in [0.2, 0.25) is 0 Å². The smallest absolute Gasteiger partial charge is 0.0627 e. The van der Waals surface area contributed by atoms with Crippen molar-refractivity contribution in [1.82, 2.24) is 4.90 Å². The summed E-state index contributed by atoms with van der Waals surface area (Å²) in [4.78, 5) is 2.94. The van der Waals surface area contributed by atoms with E-state index in [1.54, 1.807) is 0 Å². The van der Waals surface area contributed by atoms with Crippen LogP contribution >= 0.6 is 15.9 Å². The van der Waals surface area contributed by atoms with Crippen LogP contribution in [0.3, 0.4) is 0 Å². The molecule has 1 saturated heterocycles. The number of rotatable bonds is 1. The maximum atomic E-state index is 3.43. The van der Waals surface area contributed by atoms with Gasteiger partial charge in [0.15, 0.2) is 0 Å². The van der Waals surface area contributed by atoms with E-state index in [2.05, 4.69) is 27.8 Å². The van der Waals surface area contributed by atoms with E-state index in [-0.39, 0.29) is 0 Å². The first kappa shape index (κ1) is 4.60. The van der Waals surface area contributed by atoms with E-state index < -0.39 is 0 Å². The first-order valence-electron chi connectivity index (χ1n) is 2.19. The van der Waals surface area contributed by atoms with Gasteiger partial charge in [0.1, 0.15) is 0 Å². The summed E-state index contributed by atoms with van der Waals surface area (Å²) in [5.74, 6) is 0. The Morgan fingerprint density at radius 1 is 1.67 bits per heavy atom. The van der Waals surface area contributed by atoms with Crippen molar-refractivity contribution in [1.29, 1.82) is 0 Å². The molecule has 0 spiro atoms. The lowest BCUT2D eigenvalue weighted by Gasteiger charge is -1.97. The van der Waals surface area contributed by atoms with Gasteiger partial charge in [0.25, 0.3) is 0 Å². The average Bonchev–Trinajstić information content (AvgIpc) is 2.06. The third kappa shape index (κ3) is 0.949. The molecule has 1 heterocycles. The highest BCUT2D eigenvalue weighted by molar-refractivity contribution is 9.09. The van der Waals surface area contributed by atoms with Crippen LogP contribution < -0.4 is 0 Å². The second-order valence-corrected chi connectivity index (χ2v) is 2.94. The maximum Gasteiger partial charge on any atom is 0.0627 e. The summed E-state index contributed by atoms with van der Waals surface area (Å²) in [6, 6.07) is 0. The summed E-state index contributed by atoms with van der Waals surface area (Å²) in [5, 5.41) is 0. The van der Waals surface area contributed by atoms with E-state index in [9.17, 15) is 0 Å². The van der Waals surface area contributed by atoms with Crippen molar-refractivity contribution in [2.45, 2.75) is 11.9 Å². The molecule has 0 aromatic carbocycles. The Bertz CT molecular complexity index is 49.5. The zero-order valence-corrected chi connectivity index (χ0v) is 5.40. The molecule has 1 unspecified atom stereocenters. The minimum Gasteiger partial charge on any atom is -0.289 e. The topological polar surface area (TPSA) is 3.01 Å². The van der Waals surface area contributed by atoms with Crippen molar-refractivity contribution in [3.63, 3.8) is 0 Å². The van der Waals surface area contributed by atoms with Crippen LogP contribution in [0, 0.1) is 0 Å². The van der Waals surface area contributed by atoms with E-state index in [1.165, 1.54) is 13.1 Å². The van der Waals surface area contributed by atoms with Crippen LogP contribution in [-0.2, 0) is 0 Å². The highest BCUT2D eigenvalue weighted by Crippen LogP contribution is 2.13. The minimum absolute atomic E-state index is 0.609. The first-order chi connectivity index (χ1) is 2.80. The van der Waals surface area contributed by atoms with Crippen molar-refractivity contribution in [3.05, 3.63) is 0 Å². The summed E-state index contributed by atoms with van der Waals surface area (Å²) in [6.45, 7) is 4.71. The van der Waals surface area contributed by atoms with Gasteiger partial charge in [-0.15, -0.1) is 0 Å². The predicted octanol–water partition coefficient (Wildman–Crippen LogP) is 1.04. The van der Waals surface area contributed by atoms with E-state index >= 15 is 0 Å². The van der Waals surface area contributed by atoms with Crippen LogP contribution in [0.4, 0.5) is 0 Å². The van der Waals surface area contributed by atoms with Crippen molar-refractivity contribution in [2.75, 3.05) is 13.1 Å². The van der Waals surface area contributed by atoms with Crippen molar-refractivity contribution < 1.29 is 0 Å². The molecular formula is C4H8BrN. The fourth-order valence-electron chi connectivity index (χ4n) is 0.414. The number of hydrogen-bond donors (Lipinski definition) is 0. The van der Waals surface area contributed by atoms with E-state index in [0.29, 0.717) is 4.95 Å². The molecule has 1 rings (SSSR count). The van der Waals surface area contributed by atoms with Crippen LogP contribution in [0.15, 0.2) is 0 Å². The molecular weight excluding hydrogens is 142 g/mol. The molecule has 0 bridgehead atoms. The fraction of sp³-hybridized carbons (Fsp3) is 1.00. The molecule has 0 aromatic rings. The average molecular weight is 150 g/mol. The lowest BCUT2D eigenvalue weighted by Crippen LogP contribution is -2.02. The van der Waals surface area contributed by atoms with Crippen LogP contribution in [0.5, 0.6) is 0 Å². The second-order valence-electron chi connectivity index (χ2n) is 1.61. The second kappa shape index (κ2) is 1.51. The van der Waals surface area contributed by atoms with Gasteiger partial charge in [-0.25, -0.2) is 0 Å². The Morgan fingerprint density at radius 2 is 2.17 bits per heavy atom. The summed E-state index contributed by atoms with van der Waals surface area (Å²) in [6.07, 6.45) is 0.